The topological polar surface area (TPSA) is 49.4 Å². The van der Waals surface area contributed by atoms with Gasteiger partial charge in [0, 0.05) is 6.04 Å². The first-order valence-corrected chi connectivity index (χ1v) is 8.19. The number of rotatable bonds is 2. The van der Waals surface area contributed by atoms with Crippen LogP contribution in [0, 0.1) is 5.92 Å². The molecule has 4 nitrogen and oxygen atoms in total. The van der Waals surface area contributed by atoms with E-state index in [0.29, 0.717) is 5.92 Å². The van der Waals surface area contributed by atoms with Crippen LogP contribution in [-0.2, 0) is 9.59 Å². The molecular formula is C16H26N2O2. The molecule has 20 heavy (non-hydrogen) atoms. The molecule has 2 amide bonds. The van der Waals surface area contributed by atoms with Crippen LogP contribution in [0.1, 0.15) is 65.2 Å². The number of carbonyl (C=O) groups is 2. The summed E-state index contributed by atoms with van der Waals surface area (Å²) in [5, 5.41) is 3.01. The summed E-state index contributed by atoms with van der Waals surface area (Å²) in [7, 11) is 0. The minimum atomic E-state index is -0.643. The maximum atomic E-state index is 13.0. The predicted octanol–water partition coefficient (Wildman–Crippen LogP) is 2.22. The number of hydrogen-bond acceptors (Lipinski definition) is 2. The third-order valence-electron chi connectivity index (χ3n) is 5.47. The number of nitrogens with zero attached hydrogens (tertiary/aromatic N) is 1. The molecule has 2 unspecified atom stereocenters. The molecule has 0 radical (unpaired) electrons. The minimum Gasteiger partial charge on any atom is -0.340 e. The molecule has 112 valence electrons. The normalized spacial score (nSPS) is 36.7. The van der Waals surface area contributed by atoms with Crippen molar-refractivity contribution in [1.29, 1.82) is 0 Å². The molecule has 0 spiro atoms. The van der Waals surface area contributed by atoms with Gasteiger partial charge in [0.1, 0.15) is 11.6 Å². The molecule has 1 heterocycles. The van der Waals surface area contributed by atoms with Crippen LogP contribution in [0.15, 0.2) is 0 Å². The van der Waals surface area contributed by atoms with Gasteiger partial charge in [0.05, 0.1) is 0 Å². The second-order valence-electron chi connectivity index (χ2n) is 7.00. The second-order valence-corrected chi connectivity index (χ2v) is 7.00. The molecule has 0 aromatic carbocycles. The van der Waals surface area contributed by atoms with Crippen LogP contribution in [0.25, 0.3) is 0 Å². The first-order valence-electron chi connectivity index (χ1n) is 8.19. The van der Waals surface area contributed by atoms with Crippen LogP contribution in [0.4, 0.5) is 0 Å². The van der Waals surface area contributed by atoms with Crippen molar-refractivity contribution in [3.63, 3.8) is 0 Å². The van der Waals surface area contributed by atoms with Gasteiger partial charge < -0.3 is 10.2 Å². The summed E-state index contributed by atoms with van der Waals surface area (Å²) in [6.45, 7) is 3.81. The summed E-state index contributed by atoms with van der Waals surface area (Å²) >= 11 is 0. The van der Waals surface area contributed by atoms with E-state index < -0.39 is 5.54 Å². The van der Waals surface area contributed by atoms with Gasteiger partial charge in [0.2, 0.25) is 11.8 Å². The van der Waals surface area contributed by atoms with Gasteiger partial charge in [-0.05, 0) is 45.4 Å². The largest absolute Gasteiger partial charge is 0.340 e. The van der Waals surface area contributed by atoms with Crippen molar-refractivity contribution in [2.45, 2.75) is 82.8 Å². The minimum absolute atomic E-state index is 0.0308. The van der Waals surface area contributed by atoms with E-state index in [1.54, 1.807) is 0 Å². The molecule has 0 aromatic heterocycles. The number of amides is 2. The SMILES string of the molecule is CC1C(=O)NC(C)(C2CC2)C(=O)N1C1CCCCCC1. The summed E-state index contributed by atoms with van der Waals surface area (Å²) in [6, 6.07) is -0.0402. The Balaban J connectivity index is 1.85. The highest BCUT2D eigenvalue weighted by Gasteiger charge is 2.55. The summed E-state index contributed by atoms with van der Waals surface area (Å²) in [6.07, 6.45) is 9.14. The Bertz CT molecular complexity index is 411. The van der Waals surface area contributed by atoms with E-state index in [9.17, 15) is 9.59 Å². The zero-order chi connectivity index (χ0) is 14.3. The lowest BCUT2D eigenvalue weighted by Gasteiger charge is -2.47. The van der Waals surface area contributed by atoms with E-state index in [1.165, 1.54) is 25.7 Å². The highest BCUT2D eigenvalue weighted by molar-refractivity contribution is 6.00. The Kier molecular flexibility index (Phi) is 3.51. The smallest absolute Gasteiger partial charge is 0.249 e. The van der Waals surface area contributed by atoms with E-state index in [-0.39, 0.29) is 23.9 Å². The van der Waals surface area contributed by atoms with Gasteiger partial charge in [-0.15, -0.1) is 0 Å². The molecule has 1 saturated heterocycles. The third-order valence-corrected chi connectivity index (χ3v) is 5.47. The van der Waals surface area contributed by atoms with Gasteiger partial charge in [-0.1, -0.05) is 25.7 Å². The number of nitrogens with one attached hydrogen (secondary N) is 1. The molecular weight excluding hydrogens is 252 g/mol. The lowest BCUT2D eigenvalue weighted by molar-refractivity contribution is -0.157. The van der Waals surface area contributed by atoms with Crippen LogP contribution >= 0.6 is 0 Å². The molecule has 3 fully saturated rings. The van der Waals surface area contributed by atoms with Gasteiger partial charge >= 0.3 is 0 Å². The quantitative estimate of drug-likeness (QED) is 0.787. The fourth-order valence-electron chi connectivity index (χ4n) is 3.94. The lowest BCUT2D eigenvalue weighted by Crippen LogP contribution is -2.71. The van der Waals surface area contributed by atoms with E-state index in [2.05, 4.69) is 5.32 Å². The fraction of sp³-hybridized carbons (Fsp3) is 0.875. The van der Waals surface area contributed by atoms with Gasteiger partial charge in [0.15, 0.2) is 0 Å². The Labute approximate surface area is 121 Å². The first-order chi connectivity index (χ1) is 9.54. The van der Waals surface area contributed by atoms with Crippen LogP contribution in [0.2, 0.25) is 0 Å². The number of carbonyl (C=O) groups excluding carboxylic acids is 2. The Morgan fingerprint density at radius 3 is 2.20 bits per heavy atom. The van der Waals surface area contributed by atoms with Crippen molar-refractivity contribution >= 4 is 11.8 Å². The molecule has 0 aromatic rings. The highest BCUT2D eigenvalue weighted by Crippen LogP contribution is 2.43. The third kappa shape index (κ3) is 2.23. The van der Waals surface area contributed by atoms with Crippen LogP contribution in [0.5, 0.6) is 0 Å². The molecule has 3 rings (SSSR count). The summed E-state index contributed by atoms with van der Waals surface area (Å²) in [5.74, 6) is 0.543. The Morgan fingerprint density at radius 2 is 1.65 bits per heavy atom. The van der Waals surface area contributed by atoms with Gasteiger partial charge in [-0.3, -0.25) is 9.59 Å². The molecule has 2 aliphatic carbocycles. The second kappa shape index (κ2) is 5.05. The average molecular weight is 278 g/mol. The fourth-order valence-corrected chi connectivity index (χ4v) is 3.94. The van der Waals surface area contributed by atoms with E-state index >= 15 is 0 Å². The molecule has 4 heteroatoms. The Hall–Kier alpha value is -1.06. The van der Waals surface area contributed by atoms with Crippen molar-refractivity contribution in [3.8, 4) is 0 Å². The maximum Gasteiger partial charge on any atom is 0.249 e. The number of piperazine rings is 1. The Morgan fingerprint density at radius 1 is 1.05 bits per heavy atom. The molecule has 0 bridgehead atoms. The monoisotopic (exact) mass is 278 g/mol. The van der Waals surface area contributed by atoms with Gasteiger partial charge in [-0.2, -0.15) is 0 Å². The van der Waals surface area contributed by atoms with Crippen molar-refractivity contribution < 1.29 is 9.59 Å². The predicted molar refractivity (Wildman–Crippen MR) is 77.1 cm³/mol. The van der Waals surface area contributed by atoms with Crippen molar-refractivity contribution in [2.24, 2.45) is 5.92 Å². The van der Waals surface area contributed by atoms with Crippen molar-refractivity contribution in [2.75, 3.05) is 0 Å². The lowest BCUT2D eigenvalue weighted by atomic mass is 9.87. The molecule has 1 aliphatic heterocycles. The van der Waals surface area contributed by atoms with Crippen molar-refractivity contribution in [1.82, 2.24) is 10.2 Å². The van der Waals surface area contributed by atoms with Gasteiger partial charge in [-0.25, -0.2) is 0 Å². The van der Waals surface area contributed by atoms with Crippen LogP contribution in [0.3, 0.4) is 0 Å². The molecule has 1 N–H and O–H groups in total. The summed E-state index contributed by atoms with van der Waals surface area (Å²) in [4.78, 5) is 27.3. The van der Waals surface area contributed by atoms with Crippen molar-refractivity contribution in [3.05, 3.63) is 0 Å². The van der Waals surface area contributed by atoms with Gasteiger partial charge in [0.25, 0.3) is 0 Å². The zero-order valence-electron chi connectivity index (χ0n) is 12.7. The highest BCUT2D eigenvalue weighted by atomic mass is 16.2. The standard InChI is InChI=1S/C16H26N2O2/c1-11-14(19)17-16(2,12-9-10-12)15(20)18(11)13-7-5-3-4-6-8-13/h11-13H,3-10H2,1-2H3,(H,17,19). The van der Waals surface area contributed by atoms with E-state index in [1.807, 2.05) is 18.7 Å². The first kappa shape index (κ1) is 13.9. The summed E-state index contributed by atoms with van der Waals surface area (Å²) < 4.78 is 0. The van der Waals surface area contributed by atoms with Crippen LogP contribution in [-0.4, -0.2) is 34.3 Å². The summed E-state index contributed by atoms with van der Waals surface area (Å²) in [5.41, 5.74) is -0.643. The molecule has 3 aliphatic rings. The van der Waals surface area contributed by atoms with E-state index in [4.69, 9.17) is 0 Å². The maximum absolute atomic E-state index is 13.0. The zero-order valence-corrected chi connectivity index (χ0v) is 12.7. The average Bonchev–Trinajstić information content (AvgIpc) is 3.24. The van der Waals surface area contributed by atoms with E-state index in [0.717, 1.165) is 25.7 Å². The van der Waals surface area contributed by atoms with Crippen LogP contribution < -0.4 is 5.32 Å². The molecule has 2 saturated carbocycles. The molecule has 2 atom stereocenters. The number of hydrogen-bond donors (Lipinski definition) is 1.